The number of nitrogens with zero attached hydrogens (tertiary/aromatic N) is 2. The molecule has 1 aliphatic rings. The molecule has 0 saturated heterocycles. The molecule has 21 heavy (non-hydrogen) atoms. The van der Waals surface area contributed by atoms with Crippen molar-refractivity contribution >= 4 is 5.91 Å². The highest BCUT2D eigenvalue weighted by atomic mass is 16.5. The fraction of sp³-hybridized carbons (Fsp3) is 0.400. The lowest BCUT2D eigenvalue weighted by Gasteiger charge is -2.25. The minimum Gasteiger partial charge on any atom is -0.355 e. The van der Waals surface area contributed by atoms with Crippen molar-refractivity contribution in [2.75, 3.05) is 13.1 Å². The van der Waals surface area contributed by atoms with Gasteiger partial charge in [-0.2, -0.15) is 4.98 Å². The average Bonchev–Trinajstić information content (AvgIpc) is 2.92. The second-order valence-electron chi connectivity index (χ2n) is 5.15. The molecule has 3 rings (SSSR count). The van der Waals surface area contributed by atoms with Crippen molar-refractivity contribution in [3.05, 3.63) is 47.1 Å². The molecular weight excluding hydrogens is 268 g/mol. The summed E-state index contributed by atoms with van der Waals surface area (Å²) in [5.74, 6) is 1.06. The third kappa shape index (κ3) is 3.11. The van der Waals surface area contributed by atoms with E-state index in [1.807, 2.05) is 18.2 Å². The molecule has 1 aromatic carbocycles. The van der Waals surface area contributed by atoms with Gasteiger partial charge in [0.25, 0.3) is 0 Å². The first-order chi connectivity index (χ1) is 10.2. The van der Waals surface area contributed by atoms with Crippen LogP contribution in [0.25, 0.3) is 0 Å². The quantitative estimate of drug-likeness (QED) is 0.874. The van der Waals surface area contributed by atoms with E-state index in [0.29, 0.717) is 31.2 Å². The summed E-state index contributed by atoms with van der Waals surface area (Å²) in [4.78, 5) is 16.5. The lowest BCUT2D eigenvalue weighted by molar-refractivity contribution is -0.122. The van der Waals surface area contributed by atoms with Crippen LogP contribution >= 0.6 is 0 Å². The molecule has 1 unspecified atom stereocenters. The topological polar surface area (TPSA) is 80.0 Å². The largest absolute Gasteiger partial charge is 0.355 e. The zero-order chi connectivity index (χ0) is 14.7. The highest BCUT2D eigenvalue weighted by molar-refractivity contribution is 5.84. The van der Waals surface area contributed by atoms with Gasteiger partial charge in [-0.3, -0.25) is 4.79 Å². The number of nitrogens with one attached hydrogen (secondary N) is 2. The molecule has 0 spiro atoms. The number of rotatable bonds is 4. The van der Waals surface area contributed by atoms with Crippen LogP contribution in [0.2, 0.25) is 0 Å². The van der Waals surface area contributed by atoms with Crippen LogP contribution in [0.3, 0.4) is 0 Å². The van der Waals surface area contributed by atoms with E-state index in [0.717, 1.165) is 12.1 Å². The third-order valence-corrected chi connectivity index (χ3v) is 3.63. The fourth-order valence-electron chi connectivity index (χ4n) is 2.59. The summed E-state index contributed by atoms with van der Waals surface area (Å²) in [5, 5.41) is 10.0. The first-order valence-electron chi connectivity index (χ1n) is 7.09. The minimum atomic E-state index is -0.137. The van der Waals surface area contributed by atoms with Gasteiger partial charge in [-0.15, -0.1) is 0 Å². The van der Waals surface area contributed by atoms with Gasteiger partial charge in [0.2, 0.25) is 11.8 Å². The molecule has 1 amide bonds. The molecule has 0 aliphatic carbocycles. The van der Waals surface area contributed by atoms with Gasteiger partial charge in [0, 0.05) is 33.0 Å². The number of hydrogen-bond donors (Lipinski definition) is 2. The van der Waals surface area contributed by atoms with E-state index in [2.05, 4.69) is 26.8 Å². The van der Waals surface area contributed by atoms with Crippen molar-refractivity contribution in [1.29, 1.82) is 0 Å². The molecule has 2 aromatic rings. The van der Waals surface area contributed by atoms with Crippen LogP contribution in [-0.4, -0.2) is 29.1 Å². The summed E-state index contributed by atoms with van der Waals surface area (Å²) < 4.78 is 4.90. The monoisotopic (exact) mass is 286 g/mol. The molecule has 1 atom stereocenters. The predicted octanol–water partition coefficient (Wildman–Crippen LogP) is 0.924. The second kappa shape index (κ2) is 6.05. The van der Waals surface area contributed by atoms with Crippen molar-refractivity contribution in [3.8, 4) is 0 Å². The molecule has 6 heteroatoms. The number of carbonyl (C=O) groups excluding carboxylic acids is 1. The van der Waals surface area contributed by atoms with E-state index >= 15 is 0 Å². The lowest BCUT2D eigenvalue weighted by Crippen LogP contribution is -2.39. The smallest absolute Gasteiger partial charge is 0.228 e. The van der Waals surface area contributed by atoms with Crippen molar-refractivity contribution in [2.24, 2.45) is 0 Å². The van der Waals surface area contributed by atoms with Crippen LogP contribution in [-0.2, 0) is 17.8 Å². The second-order valence-corrected chi connectivity index (χ2v) is 5.15. The minimum absolute atomic E-state index is 0.0369. The van der Waals surface area contributed by atoms with Crippen molar-refractivity contribution in [1.82, 2.24) is 20.8 Å². The molecule has 110 valence electrons. The van der Waals surface area contributed by atoms with Crippen molar-refractivity contribution in [3.63, 3.8) is 0 Å². The predicted molar refractivity (Wildman–Crippen MR) is 76.6 cm³/mol. The summed E-state index contributed by atoms with van der Waals surface area (Å²) in [6.45, 7) is 3.75. The van der Waals surface area contributed by atoms with Crippen LogP contribution in [0.1, 0.15) is 28.8 Å². The van der Waals surface area contributed by atoms with Gasteiger partial charge in [0.1, 0.15) is 0 Å². The van der Waals surface area contributed by atoms with Gasteiger partial charge in [0.15, 0.2) is 5.82 Å². The summed E-state index contributed by atoms with van der Waals surface area (Å²) >= 11 is 0. The number of aryl methyl sites for hydroxylation is 1. The number of fused-ring (bicyclic) bond motifs is 1. The van der Waals surface area contributed by atoms with E-state index in [-0.39, 0.29) is 11.8 Å². The third-order valence-electron chi connectivity index (χ3n) is 3.63. The number of hydrogen-bond acceptors (Lipinski definition) is 5. The Morgan fingerprint density at radius 1 is 1.48 bits per heavy atom. The van der Waals surface area contributed by atoms with Crippen LogP contribution < -0.4 is 10.6 Å². The van der Waals surface area contributed by atoms with Gasteiger partial charge < -0.3 is 15.2 Å². The molecule has 6 nitrogen and oxygen atoms in total. The molecule has 0 radical (unpaired) electrons. The summed E-state index contributed by atoms with van der Waals surface area (Å²) in [6.07, 6.45) is 0.574. The van der Waals surface area contributed by atoms with Crippen LogP contribution in [0.5, 0.6) is 0 Å². The summed E-state index contributed by atoms with van der Waals surface area (Å²) in [6, 6.07) is 8.07. The van der Waals surface area contributed by atoms with E-state index < -0.39 is 0 Å². The van der Waals surface area contributed by atoms with Crippen LogP contribution in [0, 0.1) is 6.92 Å². The Morgan fingerprint density at radius 2 is 2.33 bits per heavy atom. The number of benzene rings is 1. The Hall–Kier alpha value is -2.21. The maximum absolute atomic E-state index is 12.3. The molecule has 0 bridgehead atoms. The molecular formula is C15H18N4O2. The van der Waals surface area contributed by atoms with E-state index in [4.69, 9.17) is 4.52 Å². The zero-order valence-corrected chi connectivity index (χ0v) is 11.9. The number of aromatic nitrogens is 2. The summed E-state index contributed by atoms with van der Waals surface area (Å²) in [5.41, 5.74) is 2.31. The number of carbonyl (C=O) groups is 1. The number of amides is 1. The Kier molecular flexibility index (Phi) is 3.96. The Bertz CT molecular complexity index is 638. The van der Waals surface area contributed by atoms with Crippen LogP contribution in [0.4, 0.5) is 0 Å². The summed E-state index contributed by atoms with van der Waals surface area (Å²) in [7, 11) is 0. The highest BCUT2D eigenvalue weighted by Crippen LogP contribution is 2.23. The molecule has 0 fully saturated rings. The maximum Gasteiger partial charge on any atom is 0.228 e. The molecule has 2 N–H and O–H groups in total. The normalized spacial score (nSPS) is 17.3. The molecule has 0 saturated carbocycles. The Morgan fingerprint density at radius 3 is 3.14 bits per heavy atom. The van der Waals surface area contributed by atoms with Crippen molar-refractivity contribution in [2.45, 2.75) is 25.8 Å². The standard InChI is InChI=1S/C15H18N4O2/c1-10-18-14(19-21-10)6-7-17-15(20)13-9-16-8-11-4-2-3-5-12(11)13/h2-5,13,16H,6-9H2,1H3,(H,17,20). The Labute approximate surface area is 122 Å². The Balaban J connectivity index is 1.59. The molecule has 2 heterocycles. The van der Waals surface area contributed by atoms with E-state index in [9.17, 15) is 4.79 Å². The maximum atomic E-state index is 12.3. The highest BCUT2D eigenvalue weighted by Gasteiger charge is 2.25. The average molecular weight is 286 g/mol. The first-order valence-corrected chi connectivity index (χ1v) is 7.09. The molecule has 1 aliphatic heterocycles. The van der Waals surface area contributed by atoms with Crippen LogP contribution in [0.15, 0.2) is 28.8 Å². The zero-order valence-electron chi connectivity index (χ0n) is 11.9. The van der Waals surface area contributed by atoms with Gasteiger partial charge >= 0.3 is 0 Å². The van der Waals surface area contributed by atoms with Gasteiger partial charge in [-0.25, -0.2) is 0 Å². The fourth-order valence-corrected chi connectivity index (χ4v) is 2.59. The van der Waals surface area contributed by atoms with Gasteiger partial charge in [-0.05, 0) is 11.1 Å². The van der Waals surface area contributed by atoms with Crippen molar-refractivity contribution < 1.29 is 9.32 Å². The molecule has 1 aromatic heterocycles. The van der Waals surface area contributed by atoms with Gasteiger partial charge in [0.05, 0.1) is 5.92 Å². The van der Waals surface area contributed by atoms with Gasteiger partial charge in [-0.1, -0.05) is 29.4 Å². The van der Waals surface area contributed by atoms with E-state index in [1.54, 1.807) is 6.92 Å². The SMILES string of the molecule is Cc1nc(CCNC(=O)C2CNCc3ccccc32)no1. The lowest BCUT2D eigenvalue weighted by atomic mass is 9.90. The first kappa shape index (κ1) is 13.8. The van der Waals surface area contributed by atoms with E-state index in [1.165, 1.54) is 5.56 Å².